The number of aliphatic hydroxyl groups is 1. The molecular formula is C28H28N2O9. The molecule has 204 valence electrons. The molecule has 1 fully saturated rings. The van der Waals surface area contributed by atoms with E-state index in [1.54, 1.807) is 22.8 Å². The molecule has 3 heterocycles. The van der Waals surface area contributed by atoms with Crippen molar-refractivity contribution in [2.24, 2.45) is 0 Å². The van der Waals surface area contributed by atoms with Crippen LogP contribution in [0.2, 0.25) is 0 Å². The Labute approximate surface area is 223 Å². The Kier molecular flexibility index (Phi) is 6.71. The fourth-order valence-corrected chi connectivity index (χ4v) is 5.43. The van der Waals surface area contributed by atoms with Crippen molar-refractivity contribution in [1.82, 2.24) is 9.47 Å². The van der Waals surface area contributed by atoms with Gasteiger partial charge in [0.25, 0.3) is 5.56 Å². The first-order chi connectivity index (χ1) is 19.0. The number of aromatic nitrogens is 1. The van der Waals surface area contributed by atoms with Crippen LogP contribution in [0.3, 0.4) is 0 Å². The molecule has 0 radical (unpaired) electrons. The smallest absolute Gasteiger partial charge is 0.343 e. The quantitative estimate of drug-likeness (QED) is 0.333. The summed E-state index contributed by atoms with van der Waals surface area (Å²) >= 11 is 0. The molecule has 0 unspecified atom stereocenters. The third-order valence-electron chi connectivity index (χ3n) is 7.40. The maximum atomic E-state index is 14.0. The number of carbonyl (C=O) groups excluding carboxylic acids is 2. The third-order valence-corrected chi connectivity index (χ3v) is 7.40. The summed E-state index contributed by atoms with van der Waals surface area (Å²) in [5.74, 6) is 0.336. The van der Waals surface area contributed by atoms with Crippen LogP contribution in [0.1, 0.15) is 27.9 Å². The first-order valence-electron chi connectivity index (χ1n) is 12.8. The fourth-order valence-electron chi connectivity index (χ4n) is 5.43. The van der Waals surface area contributed by atoms with E-state index in [0.717, 1.165) is 19.6 Å². The van der Waals surface area contributed by atoms with Gasteiger partial charge < -0.3 is 33.4 Å². The van der Waals surface area contributed by atoms with E-state index in [-0.39, 0.29) is 35.9 Å². The first-order valence-corrected chi connectivity index (χ1v) is 12.8. The minimum absolute atomic E-state index is 0.0637. The molecule has 2 aromatic carbocycles. The minimum atomic E-state index is -0.599. The number of hydrogen-bond acceptors (Lipinski definition) is 10. The number of morpholine rings is 1. The molecule has 1 N–H and O–H groups in total. The molecule has 0 atom stereocenters. The van der Waals surface area contributed by atoms with Crippen LogP contribution in [-0.2, 0) is 27.4 Å². The number of pyridine rings is 1. The minimum Gasteiger partial charge on any atom is -0.482 e. The molecule has 2 aliphatic heterocycles. The lowest BCUT2D eigenvalue weighted by Crippen LogP contribution is -2.37. The van der Waals surface area contributed by atoms with E-state index in [1.165, 1.54) is 13.2 Å². The Bertz CT molecular complexity index is 1540. The zero-order chi connectivity index (χ0) is 27.1. The van der Waals surface area contributed by atoms with Crippen molar-refractivity contribution < 1.29 is 38.4 Å². The van der Waals surface area contributed by atoms with Crippen molar-refractivity contribution in [3.63, 3.8) is 0 Å². The van der Waals surface area contributed by atoms with Crippen molar-refractivity contribution in [3.8, 4) is 28.5 Å². The number of methoxy groups -OCH3 is 1. The molecule has 11 nitrogen and oxygen atoms in total. The molecule has 3 aliphatic rings. The van der Waals surface area contributed by atoms with Gasteiger partial charge in [-0.05, 0) is 30.7 Å². The number of ketones is 1. The Balaban J connectivity index is 1.49. The SMILES string of the molecule is COC(=O)COc1cc2c3c(n(CCCN4CCOCC4)c(=O)c2cc1CO)-c1cc2c(cc1C3=O)OCO2. The predicted molar refractivity (Wildman–Crippen MR) is 139 cm³/mol. The second-order valence-electron chi connectivity index (χ2n) is 9.60. The van der Waals surface area contributed by atoms with Crippen molar-refractivity contribution >= 4 is 22.5 Å². The number of carbonyl (C=O) groups is 2. The molecule has 1 aliphatic carbocycles. The monoisotopic (exact) mass is 536 g/mol. The number of aliphatic hydroxyl groups excluding tert-OH is 1. The second kappa shape index (κ2) is 10.3. The van der Waals surface area contributed by atoms with Gasteiger partial charge in [-0.25, -0.2) is 4.79 Å². The van der Waals surface area contributed by atoms with Crippen LogP contribution in [0, 0.1) is 0 Å². The summed E-state index contributed by atoms with van der Waals surface area (Å²) in [6.07, 6.45) is 0.694. The van der Waals surface area contributed by atoms with Gasteiger partial charge in [-0.1, -0.05) is 0 Å². The molecule has 1 aromatic heterocycles. The number of fused-ring (bicyclic) bond motifs is 6. The molecule has 6 rings (SSSR count). The molecule has 11 heteroatoms. The Morgan fingerprint density at radius 1 is 1.00 bits per heavy atom. The van der Waals surface area contributed by atoms with Gasteiger partial charge in [-0.3, -0.25) is 14.5 Å². The van der Waals surface area contributed by atoms with Crippen molar-refractivity contribution in [2.75, 3.05) is 53.4 Å². The number of nitrogens with zero attached hydrogens (tertiary/aromatic N) is 2. The van der Waals surface area contributed by atoms with Crippen LogP contribution in [-0.4, -0.2) is 79.7 Å². The summed E-state index contributed by atoms with van der Waals surface area (Å²) in [5.41, 5.74) is 1.95. The van der Waals surface area contributed by atoms with Crippen LogP contribution in [0.5, 0.6) is 17.2 Å². The maximum absolute atomic E-state index is 14.0. The lowest BCUT2D eigenvalue weighted by Gasteiger charge is -2.26. The van der Waals surface area contributed by atoms with E-state index in [9.17, 15) is 19.5 Å². The van der Waals surface area contributed by atoms with Crippen LogP contribution in [0.25, 0.3) is 22.0 Å². The summed E-state index contributed by atoms with van der Waals surface area (Å²) in [6, 6.07) is 6.49. The van der Waals surface area contributed by atoms with Crippen LogP contribution < -0.4 is 19.8 Å². The topological polar surface area (TPSA) is 126 Å². The van der Waals surface area contributed by atoms with Crippen LogP contribution in [0.15, 0.2) is 29.1 Å². The van der Waals surface area contributed by atoms with Gasteiger partial charge in [0, 0.05) is 53.6 Å². The Morgan fingerprint density at radius 2 is 1.74 bits per heavy atom. The highest BCUT2D eigenvalue weighted by molar-refractivity contribution is 6.27. The lowest BCUT2D eigenvalue weighted by atomic mass is 10.00. The van der Waals surface area contributed by atoms with Crippen LogP contribution >= 0.6 is 0 Å². The van der Waals surface area contributed by atoms with Gasteiger partial charge in [-0.15, -0.1) is 0 Å². The van der Waals surface area contributed by atoms with E-state index in [2.05, 4.69) is 9.64 Å². The zero-order valence-electron chi connectivity index (χ0n) is 21.5. The van der Waals surface area contributed by atoms with Crippen molar-refractivity contribution in [3.05, 3.63) is 51.3 Å². The predicted octanol–water partition coefficient (Wildman–Crippen LogP) is 1.71. The van der Waals surface area contributed by atoms with Gasteiger partial charge in [0.15, 0.2) is 23.9 Å². The number of ether oxygens (including phenoxy) is 5. The highest BCUT2D eigenvalue weighted by Gasteiger charge is 2.35. The molecule has 0 spiro atoms. The molecule has 0 saturated carbocycles. The van der Waals surface area contributed by atoms with Crippen molar-refractivity contribution in [2.45, 2.75) is 19.6 Å². The molecule has 39 heavy (non-hydrogen) atoms. The number of rotatable bonds is 8. The summed E-state index contributed by atoms with van der Waals surface area (Å²) in [6.45, 7) is 3.48. The first kappa shape index (κ1) is 25.4. The van der Waals surface area contributed by atoms with Gasteiger partial charge in [0.05, 0.1) is 38.2 Å². The molecule has 0 amide bonds. The van der Waals surface area contributed by atoms with E-state index in [4.69, 9.17) is 18.9 Å². The summed E-state index contributed by atoms with van der Waals surface area (Å²) < 4.78 is 28.4. The van der Waals surface area contributed by atoms with Gasteiger partial charge in [0.2, 0.25) is 6.79 Å². The van der Waals surface area contributed by atoms with E-state index < -0.39 is 12.6 Å². The highest BCUT2D eigenvalue weighted by Crippen LogP contribution is 2.46. The Hall–Kier alpha value is -3.93. The fraction of sp³-hybridized carbons (Fsp3) is 0.393. The number of hydrogen-bond donors (Lipinski definition) is 1. The van der Waals surface area contributed by atoms with E-state index >= 15 is 0 Å². The Morgan fingerprint density at radius 3 is 2.46 bits per heavy atom. The average molecular weight is 537 g/mol. The third kappa shape index (κ3) is 4.42. The average Bonchev–Trinajstić information content (AvgIpc) is 3.54. The molecule has 3 aromatic rings. The summed E-state index contributed by atoms with van der Waals surface area (Å²) in [7, 11) is 1.24. The summed E-state index contributed by atoms with van der Waals surface area (Å²) in [5, 5.41) is 10.7. The normalized spacial score (nSPS) is 15.9. The van der Waals surface area contributed by atoms with Gasteiger partial charge in [-0.2, -0.15) is 0 Å². The lowest BCUT2D eigenvalue weighted by molar-refractivity contribution is -0.142. The largest absolute Gasteiger partial charge is 0.482 e. The van der Waals surface area contributed by atoms with Crippen molar-refractivity contribution in [1.29, 1.82) is 0 Å². The number of benzene rings is 2. The maximum Gasteiger partial charge on any atom is 0.343 e. The van der Waals surface area contributed by atoms with E-state index in [1.807, 2.05) is 0 Å². The zero-order valence-corrected chi connectivity index (χ0v) is 21.5. The molecule has 1 saturated heterocycles. The van der Waals surface area contributed by atoms with Gasteiger partial charge >= 0.3 is 5.97 Å². The molecule has 0 bridgehead atoms. The van der Waals surface area contributed by atoms with E-state index in [0.29, 0.717) is 71.0 Å². The standard InChI is InChI=1S/C28H28N2O9/c1-35-24(32)14-37-21-10-17-20(9-16(21)13-31)28(34)30(4-2-3-29-5-7-36-8-6-29)26-18-11-22-23(39-15-38-22)12-19(18)27(33)25(17)26/h9-12,31H,2-8,13-15H2,1H3. The van der Waals surface area contributed by atoms with Gasteiger partial charge in [0.1, 0.15) is 5.75 Å². The molecular weight excluding hydrogens is 508 g/mol. The van der Waals surface area contributed by atoms with Crippen LogP contribution in [0.4, 0.5) is 0 Å². The number of esters is 1. The summed E-state index contributed by atoms with van der Waals surface area (Å²) in [4.78, 5) is 41.8. The highest BCUT2D eigenvalue weighted by atomic mass is 16.7. The second-order valence-corrected chi connectivity index (χ2v) is 9.60.